The second kappa shape index (κ2) is 17.0. The second-order valence-electron chi connectivity index (χ2n) is 10.3. The molecule has 2 unspecified atom stereocenters. The molecule has 0 aromatic carbocycles. The molecule has 2 rings (SSSR count). The number of hydrogen-bond acceptors (Lipinski definition) is 4. The Hall–Kier alpha value is -2.76. The fourth-order valence-corrected chi connectivity index (χ4v) is 5.44. The van der Waals surface area contributed by atoms with Gasteiger partial charge in [0.15, 0.2) is 6.10 Å². The Kier molecular flexibility index (Phi) is 14.2. The van der Waals surface area contributed by atoms with Gasteiger partial charge in [0, 0.05) is 11.5 Å². The summed E-state index contributed by atoms with van der Waals surface area (Å²) in [5.41, 5.74) is 5.67. The third-order valence-corrected chi connectivity index (χ3v) is 7.60. The van der Waals surface area contributed by atoms with E-state index in [1.807, 2.05) is 19.9 Å². The molecule has 1 aliphatic heterocycles. The van der Waals surface area contributed by atoms with Crippen LogP contribution in [0.5, 0.6) is 0 Å². The number of aliphatic hydroxyl groups is 1. The van der Waals surface area contributed by atoms with Crippen molar-refractivity contribution in [3.8, 4) is 0 Å². The Labute approximate surface area is 234 Å². The molecule has 2 atom stereocenters. The molecule has 39 heavy (non-hydrogen) atoms. The van der Waals surface area contributed by atoms with E-state index in [0.29, 0.717) is 18.8 Å². The quantitative estimate of drug-likeness (QED) is 0.115. The molecule has 0 radical (unpaired) electrons. The maximum Gasteiger partial charge on any atom is 0.344 e. The Balaban J connectivity index is 2.03. The van der Waals surface area contributed by atoms with E-state index < -0.39 is 18.7 Å². The van der Waals surface area contributed by atoms with Crippen LogP contribution in [0.3, 0.4) is 0 Å². The van der Waals surface area contributed by atoms with Crippen molar-refractivity contribution in [1.29, 1.82) is 0 Å². The van der Waals surface area contributed by atoms with Crippen LogP contribution in [0, 0.1) is 5.92 Å². The maximum absolute atomic E-state index is 12.7. The zero-order valence-electron chi connectivity index (χ0n) is 24.7. The van der Waals surface area contributed by atoms with Crippen LogP contribution in [0.4, 0.5) is 4.39 Å². The average Bonchev–Trinajstić information content (AvgIpc) is 2.93. The number of carbonyl (C=O) groups is 1. The summed E-state index contributed by atoms with van der Waals surface area (Å²) in [5.74, 6) is 0.873. The maximum atomic E-state index is 12.7. The lowest BCUT2D eigenvalue weighted by atomic mass is 9.80. The highest BCUT2D eigenvalue weighted by atomic mass is 19.1. The van der Waals surface area contributed by atoms with Crippen LogP contribution in [0.15, 0.2) is 69.4 Å². The smallest absolute Gasteiger partial charge is 0.344 e. The summed E-state index contributed by atoms with van der Waals surface area (Å²) in [6, 6.07) is 0. The van der Waals surface area contributed by atoms with E-state index in [0.717, 1.165) is 92.4 Å². The van der Waals surface area contributed by atoms with Crippen LogP contribution in [0.1, 0.15) is 105 Å². The number of alkyl halides is 1. The molecule has 2 aliphatic rings. The van der Waals surface area contributed by atoms with Crippen molar-refractivity contribution in [3.05, 3.63) is 69.4 Å². The summed E-state index contributed by atoms with van der Waals surface area (Å²) in [6.07, 6.45) is 15.5. The average molecular weight is 545 g/mol. The molecule has 218 valence electrons. The lowest BCUT2D eigenvalue weighted by molar-refractivity contribution is -0.148. The van der Waals surface area contributed by atoms with E-state index in [1.54, 1.807) is 6.08 Å². The van der Waals surface area contributed by atoms with Gasteiger partial charge in [0.05, 0.1) is 12.4 Å². The van der Waals surface area contributed by atoms with E-state index in [-0.39, 0.29) is 5.92 Å². The molecular weight excluding hydrogens is 495 g/mol. The standard InChI is InChI=1S/C33H49FO5/c1-6-13-26(16-12-19-34)29-21-25(9-4)27(22-30(29)35)15-10-11-20-38-23(5)28(14-7-2)32-24(8-3)17-18-31(39-32)33(36)37/h12-13,16,22,29,31,35H,6-11,14-15,17-21H2,1-5H3,(H,36,37)/b16-12-,26-13+,28-23+. The van der Waals surface area contributed by atoms with Gasteiger partial charge in [-0.25, -0.2) is 9.18 Å². The molecule has 0 amide bonds. The van der Waals surface area contributed by atoms with Gasteiger partial charge >= 0.3 is 5.97 Å². The van der Waals surface area contributed by atoms with Crippen LogP contribution in [-0.4, -0.2) is 35.6 Å². The molecule has 5 nitrogen and oxygen atoms in total. The molecule has 1 aliphatic carbocycles. The molecule has 0 bridgehead atoms. The second-order valence-corrected chi connectivity index (χ2v) is 10.3. The van der Waals surface area contributed by atoms with Gasteiger partial charge < -0.3 is 19.7 Å². The molecule has 1 heterocycles. The van der Waals surface area contributed by atoms with Crippen LogP contribution >= 0.6 is 0 Å². The Morgan fingerprint density at radius 1 is 1.18 bits per heavy atom. The lowest BCUT2D eigenvalue weighted by Gasteiger charge is -2.28. The third kappa shape index (κ3) is 9.44. The number of carboxylic acids is 1. The molecule has 6 heteroatoms. The number of rotatable bonds is 16. The summed E-state index contributed by atoms with van der Waals surface area (Å²) in [6.45, 7) is 10.4. The molecule has 0 fully saturated rings. The summed E-state index contributed by atoms with van der Waals surface area (Å²) >= 11 is 0. The van der Waals surface area contributed by atoms with Gasteiger partial charge in [0.2, 0.25) is 0 Å². The van der Waals surface area contributed by atoms with Crippen molar-refractivity contribution in [2.75, 3.05) is 13.3 Å². The van der Waals surface area contributed by atoms with E-state index in [2.05, 4.69) is 26.8 Å². The molecule has 2 N–H and O–H groups in total. The first-order valence-electron chi connectivity index (χ1n) is 14.8. The van der Waals surface area contributed by atoms with Gasteiger partial charge in [0.25, 0.3) is 0 Å². The van der Waals surface area contributed by atoms with Crippen LogP contribution in [0.25, 0.3) is 0 Å². The third-order valence-electron chi connectivity index (χ3n) is 7.60. The number of ether oxygens (including phenoxy) is 2. The van der Waals surface area contributed by atoms with Crippen LogP contribution in [0.2, 0.25) is 0 Å². The molecule has 0 spiro atoms. The van der Waals surface area contributed by atoms with Crippen LogP contribution < -0.4 is 0 Å². The zero-order chi connectivity index (χ0) is 28.8. The predicted molar refractivity (Wildman–Crippen MR) is 156 cm³/mol. The highest BCUT2D eigenvalue weighted by Crippen LogP contribution is 2.37. The SMILES string of the molecule is CC/C=C(\C=C/CF)C1CC(CC)=C(CCCCO/C(C)=C(\CCC)C2=C(CC)CCC(C(=O)O)O2)C=C1O. The van der Waals surface area contributed by atoms with Crippen molar-refractivity contribution in [2.45, 2.75) is 111 Å². The minimum absolute atomic E-state index is 0.107. The minimum atomic E-state index is -0.916. The van der Waals surface area contributed by atoms with Crippen molar-refractivity contribution in [3.63, 3.8) is 0 Å². The molecule has 0 aromatic heterocycles. The van der Waals surface area contributed by atoms with Crippen molar-refractivity contribution >= 4 is 5.97 Å². The minimum Gasteiger partial charge on any atom is -0.512 e. The molecular formula is C33H49FO5. The molecule has 0 aromatic rings. The predicted octanol–water partition coefficient (Wildman–Crippen LogP) is 9.21. The van der Waals surface area contributed by atoms with Gasteiger partial charge in [-0.15, -0.1) is 0 Å². The van der Waals surface area contributed by atoms with E-state index in [9.17, 15) is 19.4 Å². The van der Waals surface area contributed by atoms with Gasteiger partial charge in [-0.2, -0.15) is 0 Å². The van der Waals surface area contributed by atoms with E-state index >= 15 is 0 Å². The lowest BCUT2D eigenvalue weighted by Crippen LogP contribution is -2.28. The Morgan fingerprint density at radius 2 is 1.92 bits per heavy atom. The van der Waals surface area contributed by atoms with Crippen LogP contribution in [-0.2, 0) is 14.3 Å². The number of hydrogen-bond donors (Lipinski definition) is 2. The van der Waals surface area contributed by atoms with E-state index in [4.69, 9.17) is 9.47 Å². The monoisotopic (exact) mass is 544 g/mol. The number of unbranched alkanes of at least 4 members (excludes halogenated alkanes) is 1. The first kappa shape index (κ1) is 32.5. The summed E-state index contributed by atoms with van der Waals surface area (Å²) in [4.78, 5) is 11.6. The van der Waals surface area contributed by atoms with Crippen molar-refractivity contribution in [1.82, 2.24) is 0 Å². The normalized spacial score (nSPS) is 21.2. The topological polar surface area (TPSA) is 76.0 Å². The van der Waals surface area contributed by atoms with Gasteiger partial charge in [-0.05, 0) is 93.9 Å². The molecule has 0 saturated heterocycles. The van der Waals surface area contributed by atoms with Gasteiger partial charge in [0.1, 0.15) is 18.2 Å². The largest absolute Gasteiger partial charge is 0.512 e. The van der Waals surface area contributed by atoms with Gasteiger partial charge in [-0.3, -0.25) is 0 Å². The number of allylic oxidation sites excluding steroid dienone is 10. The fraction of sp³-hybridized carbons (Fsp3) is 0.606. The highest BCUT2D eigenvalue weighted by Gasteiger charge is 2.29. The van der Waals surface area contributed by atoms with E-state index in [1.165, 1.54) is 17.2 Å². The molecule has 0 saturated carbocycles. The summed E-state index contributed by atoms with van der Waals surface area (Å²) in [5, 5.41) is 20.3. The first-order chi connectivity index (χ1) is 18.8. The number of aliphatic hydroxyl groups excluding tert-OH is 1. The number of aliphatic carboxylic acids is 1. The van der Waals surface area contributed by atoms with Crippen molar-refractivity contribution < 1.29 is 28.9 Å². The summed E-state index contributed by atoms with van der Waals surface area (Å²) in [7, 11) is 0. The van der Waals surface area contributed by atoms with Gasteiger partial charge in [-0.1, -0.05) is 57.9 Å². The first-order valence-corrected chi connectivity index (χ1v) is 14.8. The van der Waals surface area contributed by atoms with Crippen molar-refractivity contribution in [2.24, 2.45) is 5.92 Å². The summed E-state index contributed by atoms with van der Waals surface area (Å²) < 4.78 is 24.9. The Morgan fingerprint density at radius 3 is 2.54 bits per heavy atom. The fourth-order valence-electron chi connectivity index (χ4n) is 5.44. The zero-order valence-corrected chi connectivity index (χ0v) is 24.7. The number of carboxylic acid groups (broad SMARTS) is 1. The number of halogens is 1. The highest BCUT2D eigenvalue weighted by molar-refractivity contribution is 5.73. The Bertz CT molecular complexity index is 1010.